The molecule has 1 saturated carbocycles. The van der Waals surface area contributed by atoms with Crippen LogP contribution in [0.3, 0.4) is 0 Å². The summed E-state index contributed by atoms with van der Waals surface area (Å²) in [5.74, 6) is 1.24. The minimum Gasteiger partial charge on any atom is -0.331 e. The minimum atomic E-state index is 0.261. The second kappa shape index (κ2) is 4.09. The first-order valence-corrected chi connectivity index (χ1v) is 6.80. The predicted octanol–water partition coefficient (Wildman–Crippen LogP) is 2.86. The average molecular weight is 243 g/mol. The normalized spacial score (nSPS) is 18.6. The van der Waals surface area contributed by atoms with Crippen molar-refractivity contribution in [3.05, 3.63) is 29.6 Å². The lowest BCUT2D eigenvalue weighted by Gasteiger charge is -2.22. The summed E-state index contributed by atoms with van der Waals surface area (Å²) < 4.78 is 2.26. The monoisotopic (exact) mass is 243 g/mol. The number of aromatic nitrogens is 2. The lowest BCUT2D eigenvalue weighted by atomic mass is 9.88. The molecule has 3 rings (SSSR count). The van der Waals surface area contributed by atoms with Gasteiger partial charge >= 0.3 is 0 Å². The number of nitrogens with two attached hydrogens (primary N) is 1. The maximum absolute atomic E-state index is 5.72. The highest BCUT2D eigenvalue weighted by atomic mass is 15.1. The smallest absolute Gasteiger partial charge is 0.115 e. The topological polar surface area (TPSA) is 43.8 Å². The number of imidazole rings is 1. The van der Waals surface area contributed by atoms with Crippen molar-refractivity contribution < 1.29 is 0 Å². The lowest BCUT2D eigenvalue weighted by molar-refractivity contribution is 0.446. The number of aryl methyl sites for hydroxylation is 1. The Balaban J connectivity index is 2.16. The van der Waals surface area contributed by atoms with E-state index in [0.29, 0.717) is 6.54 Å². The van der Waals surface area contributed by atoms with E-state index in [-0.39, 0.29) is 5.41 Å². The third-order valence-corrected chi connectivity index (χ3v) is 4.43. The second-order valence-electron chi connectivity index (χ2n) is 5.79. The molecular weight excluding hydrogens is 222 g/mol. The molecule has 1 aromatic heterocycles. The van der Waals surface area contributed by atoms with Crippen LogP contribution in [0.4, 0.5) is 0 Å². The van der Waals surface area contributed by atoms with Crippen LogP contribution in [0.25, 0.3) is 11.0 Å². The van der Waals surface area contributed by atoms with Crippen LogP contribution in [0.1, 0.15) is 44.0 Å². The summed E-state index contributed by atoms with van der Waals surface area (Å²) in [6.45, 7) is 2.94. The Hall–Kier alpha value is -1.35. The number of fused-ring (bicyclic) bond motifs is 1. The Bertz CT molecular complexity index is 577. The molecule has 3 nitrogen and oxygen atoms in total. The van der Waals surface area contributed by atoms with E-state index in [2.05, 4.69) is 36.7 Å². The summed E-state index contributed by atoms with van der Waals surface area (Å²) in [7, 11) is 2.13. The van der Waals surface area contributed by atoms with Crippen molar-refractivity contribution in [3.63, 3.8) is 0 Å². The summed E-state index contributed by atoms with van der Waals surface area (Å²) in [4.78, 5) is 4.86. The van der Waals surface area contributed by atoms with Gasteiger partial charge < -0.3 is 10.3 Å². The van der Waals surface area contributed by atoms with Gasteiger partial charge in [-0.25, -0.2) is 4.98 Å². The SMILES string of the molecule is Cn1c(C2(C)CCCC2)nc2ccc(CN)cc21. The maximum Gasteiger partial charge on any atom is 0.115 e. The first kappa shape index (κ1) is 11.7. The Morgan fingerprint density at radius 3 is 2.72 bits per heavy atom. The van der Waals surface area contributed by atoms with E-state index in [1.165, 1.54) is 42.6 Å². The molecule has 0 radical (unpaired) electrons. The van der Waals surface area contributed by atoms with Gasteiger partial charge in [0.1, 0.15) is 5.82 Å². The van der Waals surface area contributed by atoms with E-state index in [1.54, 1.807) is 0 Å². The quantitative estimate of drug-likeness (QED) is 0.881. The molecule has 0 bridgehead atoms. The van der Waals surface area contributed by atoms with Gasteiger partial charge in [-0.3, -0.25) is 0 Å². The van der Waals surface area contributed by atoms with Crippen LogP contribution >= 0.6 is 0 Å². The summed E-state index contributed by atoms with van der Waals surface area (Å²) in [6, 6.07) is 6.35. The molecule has 3 heteroatoms. The van der Waals surface area contributed by atoms with Gasteiger partial charge in [0.2, 0.25) is 0 Å². The molecule has 1 fully saturated rings. The molecule has 96 valence electrons. The zero-order valence-electron chi connectivity index (χ0n) is 11.2. The summed E-state index contributed by atoms with van der Waals surface area (Å²) in [5, 5.41) is 0. The van der Waals surface area contributed by atoms with E-state index in [4.69, 9.17) is 10.7 Å². The van der Waals surface area contributed by atoms with Crippen LogP contribution in [-0.2, 0) is 19.0 Å². The molecule has 0 spiro atoms. The van der Waals surface area contributed by atoms with Crippen LogP contribution in [0.2, 0.25) is 0 Å². The first-order chi connectivity index (χ1) is 8.64. The van der Waals surface area contributed by atoms with Crippen molar-refractivity contribution in [2.24, 2.45) is 12.8 Å². The Kier molecular flexibility index (Phi) is 2.67. The Labute approximate surface area is 108 Å². The third-order valence-electron chi connectivity index (χ3n) is 4.43. The number of benzene rings is 1. The van der Waals surface area contributed by atoms with Crippen LogP contribution in [0.5, 0.6) is 0 Å². The minimum absolute atomic E-state index is 0.261. The zero-order valence-corrected chi connectivity index (χ0v) is 11.2. The van der Waals surface area contributed by atoms with Gasteiger partial charge in [0.25, 0.3) is 0 Å². The van der Waals surface area contributed by atoms with Crippen LogP contribution < -0.4 is 5.73 Å². The number of nitrogens with zero attached hydrogens (tertiary/aromatic N) is 2. The fraction of sp³-hybridized carbons (Fsp3) is 0.533. The standard InChI is InChI=1S/C15H21N3/c1-15(7-3-4-8-15)14-17-12-6-5-11(10-16)9-13(12)18(14)2/h5-6,9H,3-4,7-8,10,16H2,1-2H3. The highest BCUT2D eigenvalue weighted by molar-refractivity contribution is 5.77. The second-order valence-corrected chi connectivity index (χ2v) is 5.79. The Morgan fingerprint density at radius 2 is 2.06 bits per heavy atom. The lowest BCUT2D eigenvalue weighted by Crippen LogP contribution is -2.21. The molecule has 0 aliphatic heterocycles. The molecule has 1 aromatic carbocycles. The van der Waals surface area contributed by atoms with Crippen molar-refractivity contribution >= 4 is 11.0 Å². The summed E-state index contributed by atoms with van der Waals surface area (Å²) in [6.07, 6.45) is 5.17. The van der Waals surface area contributed by atoms with Crippen molar-refractivity contribution in [2.45, 2.75) is 44.6 Å². The fourth-order valence-electron chi connectivity index (χ4n) is 3.28. The van der Waals surface area contributed by atoms with Gasteiger partial charge in [-0.2, -0.15) is 0 Å². The van der Waals surface area contributed by atoms with Crippen molar-refractivity contribution in [1.82, 2.24) is 9.55 Å². The van der Waals surface area contributed by atoms with E-state index in [1.807, 2.05) is 0 Å². The predicted molar refractivity (Wildman–Crippen MR) is 74.4 cm³/mol. The van der Waals surface area contributed by atoms with Gasteiger partial charge in [-0.05, 0) is 30.5 Å². The van der Waals surface area contributed by atoms with E-state index in [0.717, 1.165) is 5.52 Å². The van der Waals surface area contributed by atoms with Gasteiger partial charge in [-0.1, -0.05) is 25.8 Å². The highest BCUT2D eigenvalue weighted by Crippen LogP contribution is 2.40. The number of hydrogen-bond acceptors (Lipinski definition) is 2. The van der Waals surface area contributed by atoms with Gasteiger partial charge in [0.15, 0.2) is 0 Å². The largest absolute Gasteiger partial charge is 0.331 e. The highest BCUT2D eigenvalue weighted by Gasteiger charge is 2.34. The summed E-state index contributed by atoms with van der Waals surface area (Å²) in [5.41, 5.74) is 9.46. The molecule has 2 N–H and O–H groups in total. The summed E-state index contributed by atoms with van der Waals surface area (Å²) >= 11 is 0. The molecule has 0 unspecified atom stereocenters. The molecular formula is C15H21N3. The van der Waals surface area contributed by atoms with E-state index >= 15 is 0 Å². The molecule has 1 aliphatic rings. The van der Waals surface area contributed by atoms with Crippen molar-refractivity contribution in [2.75, 3.05) is 0 Å². The molecule has 1 aliphatic carbocycles. The Morgan fingerprint density at radius 1 is 1.33 bits per heavy atom. The van der Waals surface area contributed by atoms with Gasteiger partial charge in [-0.15, -0.1) is 0 Å². The zero-order chi connectivity index (χ0) is 12.8. The molecule has 1 heterocycles. The average Bonchev–Trinajstić information content (AvgIpc) is 2.95. The first-order valence-electron chi connectivity index (χ1n) is 6.80. The van der Waals surface area contributed by atoms with Gasteiger partial charge in [0.05, 0.1) is 11.0 Å². The van der Waals surface area contributed by atoms with Crippen LogP contribution in [-0.4, -0.2) is 9.55 Å². The molecule has 0 atom stereocenters. The van der Waals surface area contributed by atoms with E-state index < -0.39 is 0 Å². The van der Waals surface area contributed by atoms with Crippen molar-refractivity contribution in [3.8, 4) is 0 Å². The molecule has 0 amide bonds. The third kappa shape index (κ3) is 1.65. The molecule has 2 aromatic rings. The number of rotatable bonds is 2. The molecule has 18 heavy (non-hydrogen) atoms. The van der Waals surface area contributed by atoms with Crippen LogP contribution in [0.15, 0.2) is 18.2 Å². The van der Waals surface area contributed by atoms with E-state index in [9.17, 15) is 0 Å². The number of hydrogen-bond donors (Lipinski definition) is 1. The molecule has 0 saturated heterocycles. The van der Waals surface area contributed by atoms with Crippen LogP contribution in [0, 0.1) is 0 Å². The van der Waals surface area contributed by atoms with Crippen molar-refractivity contribution in [1.29, 1.82) is 0 Å². The van der Waals surface area contributed by atoms with Gasteiger partial charge in [0, 0.05) is 19.0 Å². The fourth-order valence-corrected chi connectivity index (χ4v) is 3.28. The maximum atomic E-state index is 5.72.